The predicted molar refractivity (Wildman–Crippen MR) is 141 cm³/mol. The van der Waals surface area contributed by atoms with Gasteiger partial charge in [-0.3, -0.25) is 9.69 Å². The standard InChI is InChI=1S/C26H27F3N8O3/c27-26(28,29)40-22-6-4-21(5-7-22)34-24-17-23(31-18-32-24)19-2-1-3-20(16-19)25(38)37-11-9-36(10-12-37)13-15-39-14-8-33-35-30/h1-7,16-18H,8-15H2,(H,31,32,34). The number of anilines is 2. The Kier molecular flexibility index (Phi) is 9.73. The number of carbonyl (C=O) groups excluding carboxylic acids is 1. The highest BCUT2D eigenvalue weighted by atomic mass is 19.4. The Labute approximate surface area is 228 Å². The highest BCUT2D eigenvalue weighted by Crippen LogP contribution is 2.26. The number of piperazine rings is 1. The molecule has 1 saturated heterocycles. The van der Waals surface area contributed by atoms with E-state index >= 15 is 0 Å². The number of aromatic nitrogens is 2. The minimum Gasteiger partial charge on any atom is -0.406 e. The fourth-order valence-electron chi connectivity index (χ4n) is 4.09. The van der Waals surface area contributed by atoms with Crippen molar-refractivity contribution in [3.8, 4) is 17.0 Å². The first kappa shape index (κ1) is 28.6. The van der Waals surface area contributed by atoms with E-state index in [9.17, 15) is 18.0 Å². The number of nitrogens with one attached hydrogen (secondary N) is 1. The Bertz CT molecular complexity index is 1330. The van der Waals surface area contributed by atoms with Crippen LogP contribution in [0.2, 0.25) is 0 Å². The van der Waals surface area contributed by atoms with Gasteiger partial charge in [0.1, 0.15) is 17.9 Å². The molecular formula is C26H27F3N8O3. The Hall–Kier alpha value is -4.39. The van der Waals surface area contributed by atoms with Gasteiger partial charge in [-0.25, -0.2) is 9.97 Å². The lowest BCUT2D eigenvalue weighted by Crippen LogP contribution is -2.49. The van der Waals surface area contributed by atoms with Crippen LogP contribution < -0.4 is 10.1 Å². The van der Waals surface area contributed by atoms with Gasteiger partial charge >= 0.3 is 6.36 Å². The summed E-state index contributed by atoms with van der Waals surface area (Å²) in [6, 6.07) is 14.2. The summed E-state index contributed by atoms with van der Waals surface area (Å²) in [5.74, 6) is 0.0435. The molecule has 4 rings (SSSR count). The molecule has 11 nitrogen and oxygen atoms in total. The van der Waals surface area contributed by atoms with E-state index in [1.807, 2.05) is 11.0 Å². The highest BCUT2D eigenvalue weighted by Gasteiger charge is 2.31. The third-order valence-electron chi connectivity index (χ3n) is 6.04. The summed E-state index contributed by atoms with van der Waals surface area (Å²) in [6.45, 7) is 4.62. The zero-order chi connectivity index (χ0) is 28.4. The summed E-state index contributed by atoms with van der Waals surface area (Å²) in [7, 11) is 0. The zero-order valence-electron chi connectivity index (χ0n) is 21.4. The molecule has 40 heavy (non-hydrogen) atoms. The third kappa shape index (κ3) is 8.56. The summed E-state index contributed by atoms with van der Waals surface area (Å²) in [6.07, 6.45) is -3.39. The van der Waals surface area contributed by atoms with Gasteiger partial charge in [0, 0.05) is 67.1 Å². The smallest absolute Gasteiger partial charge is 0.406 e. The van der Waals surface area contributed by atoms with E-state index in [0.717, 1.165) is 25.2 Å². The number of halogens is 3. The van der Waals surface area contributed by atoms with Gasteiger partial charge in [-0.05, 0) is 41.9 Å². The van der Waals surface area contributed by atoms with Crippen LogP contribution in [0.25, 0.3) is 21.7 Å². The molecule has 0 aliphatic carbocycles. The minimum absolute atomic E-state index is 0.0688. The second kappa shape index (κ2) is 13.6. The van der Waals surface area contributed by atoms with Crippen LogP contribution in [0.1, 0.15) is 10.4 Å². The van der Waals surface area contributed by atoms with Crippen LogP contribution in [-0.2, 0) is 4.74 Å². The average molecular weight is 557 g/mol. The number of ether oxygens (including phenoxy) is 2. The Morgan fingerprint density at radius 2 is 1.82 bits per heavy atom. The lowest BCUT2D eigenvalue weighted by atomic mass is 10.1. The van der Waals surface area contributed by atoms with Crippen LogP contribution >= 0.6 is 0 Å². The fourth-order valence-corrected chi connectivity index (χ4v) is 4.09. The minimum atomic E-state index is -4.76. The number of rotatable bonds is 11. The molecule has 0 bridgehead atoms. The predicted octanol–water partition coefficient (Wildman–Crippen LogP) is 4.87. The van der Waals surface area contributed by atoms with Gasteiger partial charge in [0.2, 0.25) is 0 Å². The molecule has 1 amide bonds. The lowest BCUT2D eigenvalue weighted by Gasteiger charge is -2.34. The van der Waals surface area contributed by atoms with E-state index in [4.69, 9.17) is 10.3 Å². The van der Waals surface area contributed by atoms with Crippen molar-refractivity contribution in [1.82, 2.24) is 19.8 Å². The summed E-state index contributed by atoms with van der Waals surface area (Å²) in [5, 5.41) is 6.46. The van der Waals surface area contributed by atoms with E-state index in [-0.39, 0.29) is 11.7 Å². The van der Waals surface area contributed by atoms with Crippen LogP contribution in [0.5, 0.6) is 5.75 Å². The summed E-state index contributed by atoms with van der Waals surface area (Å²) < 4.78 is 46.5. The molecule has 1 aliphatic rings. The number of azide groups is 1. The van der Waals surface area contributed by atoms with Crippen molar-refractivity contribution in [2.75, 3.05) is 57.8 Å². The van der Waals surface area contributed by atoms with E-state index in [0.29, 0.717) is 55.6 Å². The molecule has 1 aliphatic heterocycles. The molecule has 0 saturated carbocycles. The second-order valence-electron chi connectivity index (χ2n) is 8.77. The maximum Gasteiger partial charge on any atom is 0.573 e. The molecular weight excluding hydrogens is 529 g/mol. The van der Waals surface area contributed by atoms with Crippen LogP contribution in [-0.4, -0.2) is 84.5 Å². The zero-order valence-corrected chi connectivity index (χ0v) is 21.4. The van der Waals surface area contributed by atoms with Gasteiger partial charge in [-0.15, -0.1) is 13.2 Å². The van der Waals surface area contributed by atoms with Crippen molar-refractivity contribution in [2.45, 2.75) is 6.36 Å². The Morgan fingerprint density at radius 1 is 1.05 bits per heavy atom. The molecule has 0 radical (unpaired) electrons. The molecule has 1 fully saturated rings. The van der Waals surface area contributed by atoms with Gasteiger partial charge in [0.05, 0.1) is 18.9 Å². The number of alkyl halides is 3. The number of hydrogen-bond acceptors (Lipinski definition) is 8. The molecule has 1 aromatic heterocycles. The third-order valence-corrected chi connectivity index (χ3v) is 6.04. The largest absolute Gasteiger partial charge is 0.573 e. The second-order valence-corrected chi connectivity index (χ2v) is 8.77. The number of hydrogen-bond donors (Lipinski definition) is 1. The van der Waals surface area contributed by atoms with Crippen LogP contribution in [0.4, 0.5) is 24.7 Å². The highest BCUT2D eigenvalue weighted by molar-refractivity contribution is 5.95. The number of nitrogens with zero attached hydrogens (tertiary/aromatic N) is 7. The number of amides is 1. The Balaban J connectivity index is 1.33. The SMILES string of the molecule is [N-]=[N+]=NCCOCCN1CCN(C(=O)c2cccc(-c3cc(Nc4ccc(OC(F)(F)F)cc4)ncn3)c2)CC1. The van der Waals surface area contributed by atoms with E-state index in [1.165, 1.54) is 30.6 Å². The van der Waals surface area contributed by atoms with Gasteiger partial charge < -0.3 is 19.7 Å². The van der Waals surface area contributed by atoms with E-state index < -0.39 is 6.36 Å². The molecule has 0 atom stereocenters. The van der Waals surface area contributed by atoms with E-state index in [2.05, 4.69) is 34.9 Å². The molecule has 2 aromatic carbocycles. The van der Waals surface area contributed by atoms with Gasteiger partial charge in [-0.1, -0.05) is 17.2 Å². The molecule has 0 spiro atoms. The Morgan fingerprint density at radius 3 is 2.55 bits per heavy atom. The maximum absolute atomic E-state index is 13.2. The van der Waals surface area contributed by atoms with Crippen molar-refractivity contribution in [2.24, 2.45) is 5.11 Å². The summed E-state index contributed by atoms with van der Waals surface area (Å²) in [5.41, 5.74) is 10.6. The van der Waals surface area contributed by atoms with Crippen molar-refractivity contribution in [1.29, 1.82) is 0 Å². The van der Waals surface area contributed by atoms with Crippen LogP contribution in [0.3, 0.4) is 0 Å². The molecule has 3 aromatic rings. The van der Waals surface area contributed by atoms with Crippen molar-refractivity contribution in [3.05, 3.63) is 76.9 Å². The molecule has 0 unspecified atom stereocenters. The number of carbonyl (C=O) groups is 1. The first-order chi connectivity index (χ1) is 19.3. The summed E-state index contributed by atoms with van der Waals surface area (Å²) >= 11 is 0. The van der Waals surface area contributed by atoms with Crippen molar-refractivity contribution >= 4 is 17.4 Å². The van der Waals surface area contributed by atoms with Crippen LogP contribution in [0.15, 0.2) is 66.0 Å². The van der Waals surface area contributed by atoms with Gasteiger partial charge in [0.15, 0.2) is 0 Å². The quantitative estimate of drug-likeness (QED) is 0.154. The van der Waals surface area contributed by atoms with E-state index in [1.54, 1.807) is 24.3 Å². The fraction of sp³-hybridized carbons (Fsp3) is 0.346. The van der Waals surface area contributed by atoms with Crippen LogP contribution in [0, 0.1) is 0 Å². The normalized spacial score (nSPS) is 13.9. The van der Waals surface area contributed by atoms with Crippen molar-refractivity contribution < 1.29 is 27.4 Å². The van der Waals surface area contributed by atoms with Gasteiger partial charge in [-0.2, -0.15) is 0 Å². The maximum atomic E-state index is 13.2. The molecule has 14 heteroatoms. The number of benzene rings is 2. The molecule has 1 N–H and O–H groups in total. The lowest BCUT2D eigenvalue weighted by molar-refractivity contribution is -0.274. The molecule has 210 valence electrons. The monoisotopic (exact) mass is 556 g/mol. The first-order valence-electron chi connectivity index (χ1n) is 12.5. The van der Waals surface area contributed by atoms with Crippen molar-refractivity contribution in [3.63, 3.8) is 0 Å². The first-order valence-corrected chi connectivity index (χ1v) is 12.5. The molecule has 2 heterocycles. The summed E-state index contributed by atoms with van der Waals surface area (Å²) in [4.78, 5) is 28.4. The topological polar surface area (TPSA) is 129 Å². The van der Waals surface area contributed by atoms with Gasteiger partial charge in [0.25, 0.3) is 5.91 Å². The average Bonchev–Trinajstić information content (AvgIpc) is 2.95.